The molecule has 0 saturated heterocycles. The molecule has 1 aromatic heterocycles. The Morgan fingerprint density at radius 3 is 2.80 bits per heavy atom. The second kappa shape index (κ2) is 4.88. The van der Waals surface area contributed by atoms with Crippen molar-refractivity contribution in [3.05, 3.63) is 22.8 Å². The molecule has 0 aromatic carbocycles. The average molecular weight is 237 g/mol. The minimum atomic E-state index is -2.53. The highest BCUT2D eigenvalue weighted by Gasteiger charge is 2.11. The Kier molecular flexibility index (Phi) is 3.79. The maximum Gasteiger partial charge on any atom is 0.356 e. The summed E-state index contributed by atoms with van der Waals surface area (Å²) < 4.78 is 23.7. The highest BCUT2D eigenvalue weighted by molar-refractivity contribution is 6.33. The number of alkyl halides is 2. The van der Waals surface area contributed by atoms with E-state index in [9.17, 15) is 13.6 Å². The predicted octanol–water partition coefficient (Wildman–Crippen LogP) is 2.11. The van der Waals surface area contributed by atoms with E-state index in [1.54, 1.807) is 0 Å². The van der Waals surface area contributed by atoms with E-state index >= 15 is 0 Å². The number of halogens is 3. The quantitative estimate of drug-likeness (QED) is 0.841. The van der Waals surface area contributed by atoms with E-state index in [4.69, 9.17) is 16.7 Å². The molecule has 2 N–H and O–H groups in total. The average Bonchev–Trinajstić information content (AvgIpc) is 2.16. The fraction of sp³-hybridized carbons (Fsp3) is 0.250. The zero-order chi connectivity index (χ0) is 11.4. The van der Waals surface area contributed by atoms with Crippen LogP contribution < -0.4 is 5.32 Å². The number of carboxylic acids is 1. The fourth-order valence-corrected chi connectivity index (χ4v) is 1.06. The van der Waals surface area contributed by atoms with Gasteiger partial charge in [0.15, 0.2) is 5.69 Å². The van der Waals surface area contributed by atoms with Crippen molar-refractivity contribution in [2.24, 2.45) is 0 Å². The lowest BCUT2D eigenvalue weighted by atomic mass is 10.3. The number of pyridine rings is 1. The lowest BCUT2D eigenvalue weighted by Gasteiger charge is -2.05. The molecule has 0 unspecified atom stereocenters. The van der Waals surface area contributed by atoms with Gasteiger partial charge in [-0.05, 0) is 12.1 Å². The summed E-state index contributed by atoms with van der Waals surface area (Å²) in [5.74, 6) is -1.25. The third-order valence-electron chi connectivity index (χ3n) is 1.49. The van der Waals surface area contributed by atoms with Crippen LogP contribution in [-0.2, 0) is 0 Å². The molecule has 4 nitrogen and oxygen atoms in total. The molecule has 0 bridgehead atoms. The van der Waals surface area contributed by atoms with Gasteiger partial charge in [0.25, 0.3) is 6.43 Å². The molecule has 0 aliphatic carbocycles. The number of carboxylic acid groups (broad SMARTS) is 1. The van der Waals surface area contributed by atoms with E-state index in [0.717, 1.165) is 0 Å². The standard InChI is InChI=1S/C8H7ClF2N2O2/c9-4-1-2-6(12-3-5(10)11)13-7(4)8(14)15/h1-2,5H,3H2,(H,12,13)(H,14,15). The topological polar surface area (TPSA) is 62.2 Å². The molecule has 7 heteroatoms. The van der Waals surface area contributed by atoms with Crippen molar-refractivity contribution >= 4 is 23.4 Å². The molecule has 0 fully saturated rings. The summed E-state index contributed by atoms with van der Waals surface area (Å²) in [5, 5.41) is 10.9. The van der Waals surface area contributed by atoms with E-state index in [1.165, 1.54) is 12.1 Å². The zero-order valence-corrected chi connectivity index (χ0v) is 8.13. The third-order valence-corrected chi connectivity index (χ3v) is 1.79. The molecular formula is C8H7ClF2N2O2. The smallest absolute Gasteiger partial charge is 0.356 e. The van der Waals surface area contributed by atoms with Gasteiger partial charge in [-0.2, -0.15) is 0 Å². The number of carbonyl (C=O) groups is 1. The summed E-state index contributed by atoms with van der Waals surface area (Å²) in [6.45, 7) is -0.590. The van der Waals surface area contributed by atoms with Crippen molar-refractivity contribution in [1.29, 1.82) is 0 Å². The molecule has 0 amide bonds. The second-order valence-electron chi connectivity index (χ2n) is 2.60. The number of anilines is 1. The molecule has 0 spiro atoms. The molecule has 1 heterocycles. The van der Waals surface area contributed by atoms with Gasteiger partial charge >= 0.3 is 5.97 Å². The molecule has 1 rings (SSSR count). The number of rotatable bonds is 4. The molecule has 0 aliphatic rings. The Balaban J connectivity index is 2.83. The van der Waals surface area contributed by atoms with Crippen LogP contribution >= 0.6 is 11.6 Å². The Morgan fingerprint density at radius 2 is 2.27 bits per heavy atom. The van der Waals surface area contributed by atoms with Gasteiger partial charge in [-0.25, -0.2) is 18.6 Å². The Bertz CT molecular complexity index is 374. The number of nitrogens with zero attached hydrogens (tertiary/aromatic N) is 1. The summed E-state index contributed by atoms with van der Waals surface area (Å²) in [6.07, 6.45) is -2.53. The number of aromatic carboxylic acids is 1. The lowest BCUT2D eigenvalue weighted by Crippen LogP contribution is -2.12. The van der Waals surface area contributed by atoms with Crippen LogP contribution in [0.2, 0.25) is 5.02 Å². The van der Waals surface area contributed by atoms with Crippen molar-refractivity contribution in [2.75, 3.05) is 11.9 Å². The highest BCUT2D eigenvalue weighted by Crippen LogP contribution is 2.16. The molecule has 1 aromatic rings. The first-order chi connectivity index (χ1) is 7.00. The number of nitrogens with one attached hydrogen (secondary N) is 1. The summed E-state index contributed by atoms with van der Waals surface area (Å²) >= 11 is 5.53. The molecule has 0 radical (unpaired) electrons. The van der Waals surface area contributed by atoms with Crippen LogP contribution in [0.1, 0.15) is 10.5 Å². The zero-order valence-electron chi connectivity index (χ0n) is 7.38. The molecule has 0 aliphatic heterocycles. The van der Waals surface area contributed by atoms with Crippen molar-refractivity contribution in [2.45, 2.75) is 6.43 Å². The minimum Gasteiger partial charge on any atom is -0.476 e. The SMILES string of the molecule is O=C(O)c1nc(NCC(F)F)ccc1Cl. The van der Waals surface area contributed by atoms with Crippen molar-refractivity contribution in [3.8, 4) is 0 Å². The maximum absolute atomic E-state index is 11.8. The highest BCUT2D eigenvalue weighted by atomic mass is 35.5. The molecule has 82 valence electrons. The normalized spacial score (nSPS) is 10.4. The van der Waals surface area contributed by atoms with E-state index in [1.807, 2.05) is 0 Å². The minimum absolute atomic E-state index is 0.0369. The molecule has 0 saturated carbocycles. The van der Waals surface area contributed by atoms with Gasteiger partial charge in [0.1, 0.15) is 5.82 Å². The van der Waals surface area contributed by atoms with Crippen molar-refractivity contribution in [3.63, 3.8) is 0 Å². The van der Waals surface area contributed by atoms with Crippen LogP contribution in [0.25, 0.3) is 0 Å². The predicted molar refractivity (Wildman–Crippen MR) is 50.7 cm³/mol. The van der Waals surface area contributed by atoms with Gasteiger partial charge in [-0.3, -0.25) is 0 Å². The molecule has 15 heavy (non-hydrogen) atoms. The third kappa shape index (κ3) is 3.32. The van der Waals surface area contributed by atoms with Crippen LogP contribution in [0.15, 0.2) is 12.1 Å². The maximum atomic E-state index is 11.8. The number of aromatic nitrogens is 1. The largest absolute Gasteiger partial charge is 0.476 e. The van der Waals surface area contributed by atoms with Crippen LogP contribution in [0, 0.1) is 0 Å². The van der Waals surface area contributed by atoms with E-state index in [2.05, 4.69) is 10.3 Å². The van der Waals surface area contributed by atoms with Crippen molar-refractivity contribution < 1.29 is 18.7 Å². The Morgan fingerprint density at radius 1 is 1.60 bits per heavy atom. The van der Waals surface area contributed by atoms with Gasteiger partial charge in [0.2, 0.25) is 0 Å². The first-order valence-corrected chi connectivity index (χ1v) is 4.30. The second-order valence-corrected chi connectivity index (χ2v) is 3.01. The molecular weight excluding hydrogens is 230 g/mol. The number of hydrogen-bond donors (Lipinski definition) is 2. The fourth-order valence-electron chi connectivity index (χ4n) is 0.872. The summed E-state index contributed by atoms with van der Waals surface area (Å²) in [7, 11) is 0. The summed E-state index contributed by atoms with van der Waals surface area (Å²) in [5.41, 5.74) is -0.365. The first kappa shape index (κ1) is 11.6. The Labute approximate surface area is 88.9 Å². The van der Waals surface area contributed by atoms with Crippen LogP contribution in [0.3, 0.4) is 0 Å². The van der Waals surface area contributed by atoms with Gasteiger partial charge in [0, 0.05) is 0 Å². The van der Waals surface area contributed by atoms with Crippen molar-refractivity contribution in [1.82, 2.24) is 4.98 Å². The van der Waals surface area contributed by atoms with Crippen LogP contribution in [0.5, 0.6) is 0 Å². The lowest BCUT2D eigenvalue weighted by molar-refractivity contribution is 0.0691. The monoisotopic (exact) mass is 236 g/mol. The first-order valence-electron chi connectivity index (χ1n) is 3.92. The van der Waals surface area contributed by atoms with Crippen LogP contribution in [0.4, 0.5) is 14.6 Å². The van der Waals surface area contributed by atoms with E-state index in [-0.39, 0.29) is 16.5 Å². The van der Waals surface area contributed by atoms with Crippen LogP contribution in [-0.4, -0.2) is 29.0 Å². The number of hydrogen-bond acceptors (Lipinski definition) is 3. The van der Waals surface area contributed by atoms with E-state index in [0.29, 0.717) is 0 Å². The van der Waals surface area contributed by atoms with Gasteiger partial charge in [0.05, 0.1) is 11.6 Å². The summed E-state index contributed by atoms with van der Waals surface area (Å²) in [4.78, 5) is 14.2. The van der Waals surface area contributed by atoms with Gasteiger partial charge in [-0.1, -0.05) is 11.6 Å². The summed E-state index contributed by atoms with van der Waals surface area (Å²) in [6, 6.07) is 2.61. The van der Waals surface area contributed by atoms with E-state index < -0.39 is 18.9 Å². The Hall–Kier alpha value is -1.43. The van der Waals surface area contributed by atoms with Gasteiger partial charge in [-0.15, -0.1) is 0 Å². The molecule has 0 atom stereocenters. The van der Waals surface area contributed by atoms with Gasteiger partial charge < -0.3 is 10.4 Å².